The van der Waals surface area contributed by atoms with Crippen LogP contribution in [-0.2, 0) is 35.1 Å². The molecule has 8 nitrogen and oxygen atoms in total. The van der Waals surface area contributed by atoms with Crippen molar-refractivity contribution >= 4 is 52.7 Å². The fourth-order valence-corrected chi connectivity index (χ4v) is 3.89. The number of ketones is 1. The molecule has 1 aromatic carbocycles. The molecule has 1 rings (SSSR count). The van der Waals surface area contributed by atoms with Crippen LogP contribution in [0.1, 0.15) is 60.5 Å². The predicted octanol–water partition coefficient (Wildman–Crippen LogP) is 6.06. The first kappa shape index (κ1) is 34.4. The molecule has 2 unspecified atom stereocenters. The lowest BCUT2D eigenvalue weighted by Gasteiger charge is -2.35. The van der Waals surface area contributed by atoms with Crippen LogP contribution in [0.5, 0.6) is 0 Å². The monoisotopic (exact) mass is 596 g/mol. The van der Waals surface area contributed by atoms with Crippen molar-refractivity contribution in [3.63, 3.8) is 0 Å². The lowest BCUT2D eigenvalue weighted by Crippen LogP contribution is -2.47. The number of alkyl halides is 3. The average molecular weight is 598 g/mol. The Balaban J connectivity index is 3.01. The van der Waals surface area contributed by atoms with E-state index in [1.54, 1.807) is 34.6 Å². The number of halogens is 3. The van der Waals surface area contributed by atoms with E-state index >= 15 is 0 Å². The lowest BCUT2D eigenvalue weighted by atomic mass is 9.73. The molecule has 0 heterocycles. The van der Waals surface area contributed by atoms with Gasteiger partial charge in [-0.05, 0) is 26.3 Å². The number of ether oxygens (including phenoxy) is 4. The molecule has 0 aliphatic heterocycles. The quantitative estimate of drug-likeness (QED) is 0.216. The molecule has 1 aromatic rings. The highest BCUT2D eigenvalue weighted by Gasteiger charge is 2.44. The van der Waals surface area contributed by atoms with Crippen LogP contribution in [0.25, 0.3) is 0 Å². The second-order valence-electron chi connectivity index (χ2n) is 10.9. The van der Waals surface area contributed by atoms with Crippen LogP contribution in [-0.4, -0.2) is 57.8 Å². The van der Waals surface area contributed by atoms with Crippen molar-refractivity contribution in [1.82, 2.24) is 0 Å². The first-order valence-electron chi connectivity index (χ1n) is 12.3. The van der Waals surface area contributed by atoms with Crippen molar-refractivity contribution in [2.45, 2.75) is 83.1 Å². The maximum Gasteiger partial charge on any atom is 0.508 e. The van der Waals surface area contributed by atoms with Gasteiger partial charge in [0.2, 0.25) is 3.79 Å². The topological polar surface area (TPSA) is 108 Å². The molecule has 0 aromatic heterocycles. The van der Waals surface area contributed by atoms with Crippen LogP contribution in [0, 0.1) is 17.3 Å². The minimum absolute atomic E-state index is 0.149. The number of aliphatic hydroxyl groups is 1. The van der Waals surface area contributed by atoms with E-state index in [1.807, 2.05) is 30.3 Å². The molecule has 0 aliphatic carbocycles. The Labute approximate surface area is 240 Å². The number of hydrogen-bond donors (Lipinski definition) is 1. The standard InChI is InChI=1S/C27H39Cl3O8/c1-17(14-35-15-19-11-9-8-10-12-19)22(37-24(34)36-16-27(28,29)30)18(2)23(33)26(6,7)20(31)13-21(32)38-25(3,4)5/h8-12,17-18,20,22,31H,13-16H2,1-7H3/t17-,18?,20?,22-/m0/s1. The molecule has 0 aliphatic rings. The van der Waals surface area contributed by atoms with E-state index in [0.29, 0.717) is 6.61 Å². The Morgan fingerprint density at radius 2 is 1.55 bits per heavy atom. The molecule has 0 amide bonds. The van der Waals surface area contributed by atoms with Crippen molar-refractivity contribution in [1.29, 1.82) is 0 Å². The van der Waals surface area contributed by atoms with Gasteiger partial charge in [-0.3, -0.25) is 9.59 Å². The zero-order chi connectivity index (χ0) is 29.3. The highest BCUT2D eigenvalue weighted by molar-refractivity contribution is 6.67. The van der Waals surface area contributed by atoms with Crippen LogP contribution < -0.4 is 0 Å². The van der Waals surface area contributed by atoms with Gasteiger partial charge in [-0.15, -0.1) is 0 Å². The van der Waals surface area contributed by atoms with E-state index in [-0.39, 0.29) is 13.0 Å². The first-order valence-corrected chi connectivity index (χ1v) is 13.4. The SMILES string of the molecule is CC(C(=O)C(C)(C)C(O)CC(=O)OC(C)(C)C)[C@@H](OC(=O)OCC(Cl)(Cl)Cl)[C@@H](C)COCc1ccccc1. The number of esters is 1. The maximum absolute atomic E-state index is 13.6. The van der Waals surface area contributed by atoms with Crippen LogP contribution in [0.2, 0.25) is 0 Å². The lowest BCUT2D eigenvalue weighted by molar-refractivity contribution is -0.160. The molecular weight excluding hydrogens is 559 g/mol. The van der Waals surface area contributed by atoms with Gasteiger partial charge >= 0.3 is 12.1 Å². The fraction of sp³-hybridized carbons (Fsp3) is 0.667. The van der Waals surface area contributed by atoms with E-state index in [4.69, 9.17) is 53.8 Å². The molecule has 216 valence electrons. The Morgan fingerprint density at radius 3 is 2.08 bits per heavy atom. The number of rotatable bonds is 13. The summed E-state index contributed by atoms with van der Waals surface area (Å²) in [6.07, 6.45) is -3.85. The van der Waals surface area contributed by atoms with Crippen molar-refractivity contribution in [3.8, 4) is 0 Å². The molecule has 0 saturated carbocycles. The third-order valence-corrected chi connectivity index (χ3v) is 6.12. The van der Waals surface area contributed by atoms with Crippen LogP contribution >= 0.6 is 34.8 Å². The minimum Gasteiger partial charge on any atom is -0.460 e. The number of aliphatic hydroxyl groups excluding tert-OH is 1. The van der Waals surface area contributed by atoms with Gasteiger partial charge in [-0.1, -0.05) is 92.8 Å². The largest absolute Gasteiger partial charge is 0.508 e. The zero-order valence-electron chi connectivity index (χ0n) is 23.0. The van der Waals surface area contributed by atoms with Crippen LogP contribution in [0.4, 0.5) is 4.79 Å². The molecular formula is C27H39Cl3O8. The summed E-state index contributed by atoms with van der Waals surface area (Å²) in [6, 6.07) is 9.49. The minimum atomic E-state index is -1.84. The average Bonchev–Trinajstić information content (AvgIpc) is 2.79. The summed E-state index contributed by atoms with van der Waals surface area (Å²) < 4.78 is 19.6. The number of carbonyl (C=O) groups is 3. The van der Waals surface area contributed by atoms with Crippen molar-refractivity contribution < 1.29 is 38.4 Å². The van der Waals surface area contributed by atoms with Gasteiger partial charge in [0.05, 0.1) is 37.1 Å². The summed E-state index contributed by atoms with van der Waals surface area (Å²) in [5.74, 6) is -2.43. The van der Waals surface area contributed by atoms with E-state index in [9.17, 15) is 19.5 Å². The molecule has 38 heavy (non-hydrogen) atoms. The van der Waals surface area contributed by atoms with Gasteiger partial charge in [0.15, 0.2) is 0 Å². The highest BCUT2D eigenvalue weighted by Crippen LogP contribution is 2.33. The van der Waals surface area contributed by atoms with Gasteiger partial charge in [0, 0.05) is 5.92 Å². The van der Waals surface area contributed by atoms with Crippen molar-refractivity contribution in [3.05, 3.63) is 35.9 Å². The summed E-state index contributed by atoms with van der Waals surface area (Å²) in [5.41, 5.74) is -1.15. The van der Waals surface area contributed by atoms with E-state index < -0.39 is 63.4 Å². The molecule has 4 atom stereocenters. The second-order valence-corrected chi connectivity index (χ2v) is 13.4. The Bertz CT molecular complexity index is 909. The molecule has 0 radical (unpaired) electrons. The maximum atomic E-state index is 13.6. The number of benzene rings is 1. The molecule has 0 saturated heterocycles. The first-order chi connectivity index (χ1) is 17.3. The molecule has 0 spiro atoms. The molecule has 0 fully saturated rings. The number of hydrogen-bond acceptors (Lipinski definition) is 8. The van der Waals surface area contributed by atoms with E-state index in [2.05, 4.69) is 0 Å². The Hall–Kier alpha value is -1.58. The number of carbonyl (C=O) groups excluding carboxylic acids is 3. The number of Topliss-reactive ketones (excluding diaryl/α,β-unsaturated/α-hetero) is 1. The van der Waals surface area contributed by atoms with Gasteiger partial charge < -0.3 is 24.1 Å². The molecule has 0 bridgehead atoms. The van der Waals surface area contributed by atoms with Gasteiger partial charge in [0.1, 0.15) is 24.1 Å². The summed E-state index contributed by atoms with van der Waals surface area (Å²) in [5, 5.41) is 10.8. The highest BCUT2D eigenvalue weighted by atomic mass is 35.6. The van der Waals surface area contributed by atoms with Gasteiger partial charge in [-0.25, -0.2) is 4.79 Å². The third kappa shape index (κ3) is 12.5. The summed E-state index contributed by atoms with van der Waals surface area (Å²) in [6.45, 7) is 11.4. The van der Waals surface area contributed by atoms with Crippen LogP contribution in [0.3, 0.4) is 0 Å². The molecule has 11 heteroatoms. The zero-order valence-corrected chi connectivity index (χ0v) is 25.2. The summed E-state index contributed by atoms with van der Waals surface area (Å²) >= 11 is 17.0. The Kier molecular flexibility index (Phi) is 13.3. The predicted molar refractivity (Wildman–Crippen MR) is 146 cm³/mol. The van der Waals surface area contributed by atoms with E-state index in [1.165, 1.54) is 13.8 Å². The summed E-state index contributed by atoms with van der Waals surface area (Å²) in [7, 11) is 0. The normalized spacial score (nSPS) is 15.7. The Morgan fingerprint density at radius 1 is 0.974 bits per heavy atom. The van der Waals surface area contributed by atoms with Gasteiger partial charge in [-0.2, -0.15) is 0 Å². The molecule has 1 N–H and O–H groups in total. The fourth-order valence-electron chi connectivity index (χ4n) is 3.73. The summed E-state index contributed by atoms with van der Waals surface area (Å²) in [4.78, 5) is 38.2. The van der Waals surface area contributed by atoms with Crippen molar-refractivity contribution in [2.24, 2.45) is 17.3 Å². The van der Waals surface area contributed by atoms with E-state index in [0.717, 1.165) is 5.56 Å². The second kappa shape index (κ2) is 14.7. The smallest absolute Gasteiger partial charge is 0.460 e. The van der Waals surface area contributed by atoms with Gasteiger partial charge in [0.25, 0.3) is 0 Å². The van der Waals surface area contributed by atoms with Crippen LogP contribution in [0.15, 0.2) is 30.3 Å². The third-order valence-electron chi connectivity index (χ3n) is 5.79. The van der Waals surface area contributed by atoms with Crippen molar-refractivity contribution in [2.75, 3.05) is 13.2 Å².